The zero-order chi connectivity index (χ0) is 20.5. The molecule has 0 spiro atoms. The highest BCUT2D eigenvalue weighted by molar-refractivity contribution is 6.31. The van der Waals surface area contributed by atoms with Crippen LogP contribution in [0.5, 0.6) is 5.75 Å². The summed E-state index contributed by atoms with van der Waals surface area (Å²) in [7, 11) is 0. The van der Waals surface area contributed by atoms with Crippen molar-refractivity contribution in [2.75, 3.05) is 11.9 Å². The molecule has 7 nitrogen and oxygen atoms in total. The van der Waals surface area contributed by atoms with Crippen LogP contribution < -0.4 is 10.1 Å². The number of carbonyl (C=O) groups excluding carboxylic acids is 1. The molecule has 2 aromatic heterocycles. The molecule has 2 aromatic carbocycles. The van der Waals surface area contributed by atoms with Gasteiger partial charge in [0.2, 0.25) is 0 Å². The van der Waals surface area contributed by atoms with Gasteiger partial charge in [0.15, 0.2) is 6.61 Å². The van der Waals surface area contributed by atoms with E-state index in [0.29, 0.717) is 22.1 Å². The van der Waals surface area contributed by atoms with E-state index in [2.05, 4.69) is 15.4 Å². The van der Waals surface area contributed by atoms with Crippen molar-refractivity contribution in [3.63, 3.8) is 0 Å². The van der Waals surface area contributed by atoms with Crippen LogP contribution in [0.1, 0.15) is 24.2 Å². The lowest BCUT2D eigenvalue weighted by Gasteiger charge is -2.12. The van der Waals surface area contributed by atoms with Crippen molar-refractivity contribution >= 4 is 34.2 Å². The molecule has 1 aliphatic rings. The summed E-state index contributed by atoms with van der Waals surface area (Å²) in [5.41, 5.74) is 3.33. The molecular formula is C22H19ClN4O3. The minimum Gasteiger partial charge on any atom is -0.484 e. The number of nitrogens with one attached hydrogen (secondary N) is 1. The first-order valence-corrected chi connectivity index (χ1v) is 10.2. The molecule has 152 valence electrons. The van der Waals surface area contributed by atoms with Crippen LogP contribution >= 0.6 is 11.6 Å². The maximum atomic E-state index is 12.5. The Morgan fingerprint density at radius 3 is 2.97 bits per heavy atom. The van der Waals surface area contributed by atoms with Gasteiger partial charge in [-0.1, -0.05) is 11.6 Å². The van der Waals surface area contributed by atoms with Crippen LogP contribution in [-0.4, -0.2) is 27.3 Å². The van der Waals surface area contributed by atoms with Gasteiger partial charge in [0.05, 0.1) is 11.4 Å². The lowest BCUT2D eigenvalue weighted by Crippen LogP contribution is -2.21. The number of hydrogen-bond donors (Lipinski definition) is 1. The summed E-state index contributed by atoms with van der Waals surface area (Å²) in [5.74, 6) is 1.41. The number of fused-ring (bicyclic) bond motifs is 3. The Hall–Kier alpha value is -3.32. The topological polar surface area (TPSA) is 82.2 Å². The lowest BCUT2D eigenvalue weighted by molar-refractivity contribution is -0.118. The Labute approximate surface area is 177 Å². The van der Waals surface area contributed by atoms with Crippen LogP contribution in [-0.2, 0) is 17.6 Å². The average molecular weight is 423 g/mol. The minimum absolute atomic E-state index is 0.130. The summed E-state index contributed by atoms with van der Waals surface area (Å²) in [6.45, 7) is -0.130. The van der Waals surface area contributed by atoms with Crippen molar-refractivity contribution in [3.05, 3.63) is 65.4 Å². The quantitative estimate of drug-likeness (QED) is 0.509. The molecule has 0 fully saturated rings. The Balaban J connectivity index is 1.31. The first kappa shape index (κ1) is 18.7. The number of carbonyl (C=O) groups is 1. The smallest absolute Gasteiger partial charge is 0.262 e. The zero-order valence-corrected chi connectivity index (χ0v) is 16.9. The van der Waals surface area contributed by atoms with Crippen LogP contribution in [0, 0.1) is 0 Å². The molecule has 30 heavy (non-hydrogen) atoms. The first-order valence-electron chi connectivity index (χ1n) is 9.79. The Morgan fingerprint density at radius 1 is 1.20 bits per heavy atom. The fourth-order valence-electron chi connectivity index (χ4n) is 3.81. The number of nitrogens with zero attached hydrogens (tertiary/aromatic N) is 3. The van der Waals surface area contributed by atoms with Crippen molar-refractivity contribution in [2.24, 2.45) is 0 Å². The van der Waals surface area contributed by atoms with Crippen LogP contribution in [0.3, 0.4) is 0 Å². The summed E-state index contributed by atoms with van der Waals surface area (Å²) in [6, 6.07) is 10.8. The van der Waals surface area contributed by atoms with Gasteiger partial charge in [-0.15, -0.1) is 0 Å². The standard InChI is InChI=1S/C22H19ClN4O3/c23-14-5-7-19(27-13-24-12-25-27)18(9-14)26-22(28)11-29-15-6-8-21-17(10-15)16-3-1-2-4-20(16)30-21/h5-10,12-13H,1-4,11H2,(H,26,28). The molecule has 1 amide bonds. The summed E-state index contributed by atoms with van der Waals surface area (Å²) >= 11 is 6.10. The van der Waals surface area contributed by atoms with E-state index in [9.17, 15) is 4.79 Å². The van der Waals surface area contributed by atoms with E-state index >= 15 is 0 Å². The van der Waals surface area contributed by atoms with E-state index in [0.717, 1.165) is 36.0 Å². The molecule has 0 atom stereocenters. The lowest BCUT2D eigenvalue weighted by atomic mass is 9.96. The fourth-order valence-corrected chi connectivity index (χ4v) is 3.98. The Bertz CT molecular complexity index is 1220. The molecule has 1 N–H and O–H groups in total. The number of rotatable bonds is 5. The molecule has 0 aliphatic heterocycles. The average Bonchev–Trinajstić information content (AvgIpc) is 3.40. The van der Waals surface area contributed by atoms with Crippen LogP contribution in [0.4, 0.5) is 5.69 Å². The van der Waals surface area contributed by atoms with Gasteiger partial charge in [-0.05, 0) is 55.7 Å². The predicted molar refractivity (Wildman–Crippen MR) is 113 cm³/mol. The van der Waals surface area contributed by atoms with Gasteiger partial charge in [0, 0.05) is 22.4 Å². The second-order valence-electron chi connectivity index (χ2n) is 7.21. The molecule has 5 rings (SSSR count). The molecule has 8 heteroatoms. The Kier molecular flexibility index (Phi) is 4.88. The summed E-state index contributed by atoms with van der Waals surface area (Å²) in [6.07, 6.45) is 7.31. The number of furan rings is 1. The predicted octanol–water partition coefficient (Wildman–Crippen LogP) is 4.56. The molecule has 0 saturated heterocycles. The number of aromatic nitrogens is 3. The highest BCUT2D eigenvalue weighted by Crippen LogP contribution is 2.34. The third kappa shape index (κ3) is 3.64. The summed E-state index contributed by atoms with van der Waals surface area (Å²) in [4.78, 5) is 16.5. The fraction of sp³-hybridized carbons (Fsp3) is 0.227. The highest BCUT2D eigenvalue weighted by Gasteiger charge is 2.18. The van der Waals surface area contributed by atoms with E-state index in [1.165, 1.54) is 18.3 Å². The third-order valence-electron chi connectivity index (χ3n) is 5.19. The molecule has 0 saturated carbocycles. The van der Waals surface area contributed by atoms with Crippen LogP contribution in [0.25, 0.3) is 16.7 Å². The van der Waals surface area contributed by atoms with Crippen LogP contribution in [0.2, 0.25) is 5.02 Å². The first-order chi connectivity index (χ1) is 14.7. The largest absolute Gasteiger partial charge is 0.484 e. The number of halogens is 1. The van der Waals surface area contributed by atoms with Crippen molar-refractivity contribution in [1.29, 1.82) is 0 Å². The van der Waals surface area contributed by atoms with Crippen molar-refractivity contribution in [2.45, 2.75) is 25.7 Å². The van der Waals surface area contributed by atoms with Gasteiger partial charge < -0.3 is 14.5 Å². The number of aryl methyl sites for hydroxylation is 2. The van der Waals surface area contributed by atoms with Crippen LogP contribution in [0.15, 0.2) is 53.5 Å². The maximum Gasteiger partial charge on any atom is 0.262 e. The number of benzene rings is 2. The molecule has 4 aromatic rings. The van der Waals surface area contributed by atoms with Gasteiger partial charge in [0.25, 0.3) is 5.91 Å². The molecule has 1 aliphatic carbocycles. The third-order valence-corrected chi connectivity index (χ3v) is 5.43. The molecule has 0 radical (unpaired) electrons. The van der Waals surface area contributed by atoms with Gasteiger partial charge in [-0.25, -0.2) is 9.67 Å². The molecule has 2 heterocycles. The monoisotopic (exact) mass is 422 g/mol. The summed E-state index contributed by atoms with van der Waals surface area (Å²) in [5, 5.41) is 8.52. The number of ether oxygens (including phenoxy) is 1. The van der Waals surface area contributed by atoms with Gasteiger partial charge in [-0.2, -0.15) is 5.10 Å². The van der Waals surface area contributed by atoms with E-state index in [4.69, 9.17) is 20.8 Å². The SMILES string of the molecule is O=C(COc1ccc2oc3c(c2c1)CCCC3)Nc1cc(Cl)ccc1-n1cncn1. The van der Waals surface area contributed by atoms with Gasteiger partial charge in [0.1, 0.15) is 29.7 Å². The van der Waals surface area contributed by atoms with Crippen molar-refractivity contribution in [1.82, 2.24) is 14.8 Å². The van der Waals surface area contributed by atoms with E-state index in [1.807, 2.05) is 18.2 Å². The van der Waals surface area contributed by atoms with Gasteiger partial charge >= 0.3 is 0 Å². The second-order valence-corrected chi connectivity index (χ2v) is 7.64. The van der Waals surface area contributed by atoms with E-state index in [1.54, 1.807) is 29.2 Å². The second kappa shape index (κ2) is 7.84. The van der Waals surface area contributed by atoms with Crippen molar-refractivity contribution < 1.29 is 13.9 Å². The Morgan fingerprint density at radius 2 is 2.10 bits per heavy atom. The minimum atomic E-state index is -0.298. The van der Waals surface area contributed by atoms with E-state index < -0.39 is 0 Å². The van der Waals surface area contributed by atoms with E-state index in [-0.39, 0.29) is 12.5 Å². The normalized spacial score (nSPS) is 13.2. The highest BCUT2D eigenvalue weighted by atomic mass is 35.5. The molecular weight excluding hydrogens is 404 g/mol. The number of amides is 1. The van der Waals surface area contributed by atoms with Crippen molar-refractivity contribution in [3.8, 4) is 11.4 Å². The number of anilines is 1. The zero-order valence-electron chi connectivity index (χ0n) is 16.1. The number of hydrogen-bond acceptors (Lipinski definition) is 5. The van der Waals surface area contributed by atoms with Gasteiger partial charge in [-0.3, -0.25) is 4.79 Å². The maximum absolute atomic E-state index is 12.5. The molecule has 0 unspecified atom stereocenters. The molecule has 0 bridgehead atoms. The summed E-state index contributed by atoms with van der Waals surface area (Å²) < 4.78 is 13.3.